The van der Waals surface area contributed by atoms with Gasteiger partial charge in [0.05, 0.1) is 4.92 Å². The molecule has 4 rings (SSSR count). The van der Waals surface area contributed by atoms with Crippen LogP contribution >= 0.6 is 0 Å². The highest BCUT2D eigenvalue weighted by Gasteiger charge is 2.19. The van der Waals surface area contributed by atoms with Gasteiger partial charge in [0.15, 0.2) is 5.82 Å². The molecule has 32 heavy (non-hydrogen) atoms. The van der Waals surface area contributed by atoms with E-state index in [4.69, 9.17) is 0 Å². The fourth-order valence-corrected chi connectivity index (χ4v) is 3.02. The minimum Gasteiger partial charge on any atom is -0.350 e. The van der Waals surface area contributed by atoms with E-state index < -0.39 is 10.8 Å². The summed E-state index contributed by atoms with van der Waals surface area (Å²) in [6, 6.07) is 18.8. The zero-order valence-electron chi connectivity index (χ0n) is 17.0. The molecule has 0 saturated carbocycles. The van der Waals surface area contributed by atoms with Crippen molar-refractivity contribution in [3.05, 3.63) is 105 Å². The average molecular weight is 431 g/mol. The molecule has 3 aromatic carbocycles. The van der Waals surface area contributed by atoms with Crippen LogP contribution in [-0.4, -0.2) is 25.6 Å². The number of nitro benzene ring substituents is 1. The molecule has 160 valence electrons. The Bertz CT molecular complexity index is 1270. The number of aryl methyl sites for hydroxylation is 1. The summed E-state index contributed by atoms with van der Waals surface area (Å²) < 4.78 is 14.3. The van der Waals surface area contributed by atoms with Crippen molar-refractivity contribution in [3.8, 4) is 11.4 Å². The third kappa shape index (κ3) is 4.51. The highest BCUT2D eigenvalue weighted by molar-refractivity contribution is 5.97. The Balaban J connectivity index is 1.67. The molecule has 0 radical (unpaired) electrons. The number of aromatic nitrogens is 3. The van der Waals surface area contributed by atoms with E-state index in [2.05, 4.69) is 15.4 Å². The molecule has 0 aliphatic carbocycles. The summed E-state index contributed by atoms with van der Waals surface area (Å²) >= 11 is 0. The molecule has 1 N–H and O–H groups in total. The Labute approximate surface area is 182 Å². The summed E-state index contributed by atoms with van der Waals surface area (Å²) in [5.74, 6) is -0.283. The van der Waals surface area contributed by atoms with Gasteiger partial charge in [-0.1, -0.05) is 42.0 Å². The van der Waals surface area contributed by atoms with E-state index in [0.717, 1.165) is 21.4 Å². The van der Waals surface area contributed by atoms with Crippen LogP contribution in [0.25, 0.3) is 11.4 Å². The van der Waals surface area contributed by atoms with Crippen LogP contribution in [0, 0.1) is 22.9 Å². The van der Waals surface area contributed by atoms with Crippen molar-refractivity contribution in [2.45, 2.75) is 13.5 Å². The van der Waals surface area contributed by atoms with Crippen molar-refractivity contribution >= 4 is 17.5 Å². The van der Waals surface area contributed by atoms with Crippen LogP contribution in [0.3, 0.4) is 0 Å². The molecular formula is C23H18FN5O3. The van der Waals surface area contributed by atoms with Crippen LogP contribution < -0.4 is 5.32 Å². The first-order chi connectivity index (χ1) is 15.4. The molecule has 4 aromatic rings. The van der Waals surface area contributed by atoms with Gasteiger partial charge in [-0.2, -0.15) is 9.67 Å². The summed E-state index contributed by atoms with van der Waals surface area (Å²) in [6.45, 7) is 2.25. The Kier molecular flexibility index (Phi) is 5.71. The maximum atomic E-state index is 13.2. The molecule has 0 amide bonds. The number of nitro groups is 1. The van der Waals surface area contributed by atoms with Gasteiger partial charge < -0.3 is 5.32 Å². The topological polar surface area (TPSA) is 103 Å². The van der Waals surface area contributed by atoms with Gasteiger partial charge in [0, 0.05) is 29.8 Å². The third-order valence-electron chi connectivity index (χ3n) is 4.80. The number of nitrogens with zero attached hydrogens (tertiary/aromatic N) is 4. The molecule has 9 heteroatoms. The molecule has 0 saturated heterocycles. The third-order valence-corrected chi connectivity index (χ3v) is 4.80. The molecule has 0 spiro atoms. The highest BCUT2D eigenvalue weighted by atomic mass is 19.1. The summed E-state index contributed by atoms with van der Waals surface area (Å²) in [6.07, 6.45) is 0. The average Bonchev–Trinajstić information content (AvgIpc) is 3.23. The number of nitrogens with one attached hydrogen (secondary N) is 1. The van der Waals surface area contributed by atoms with Crippen molar-refractivity contribution in [1.29, 1.82) is 0 Å². The molecule has 0 fully saturated rings. The van der Waals surface area contributed by atoms with Gasteiger partial charge in [-0.3, -0.25) is 14.9 Å². The molecule has 0 bridgehead atoms. The number of carbonyl (C=O) groups excluding carboxylic acids is 1. The Morgan fingerprint density at radius 2 is 1.69 bits per heavy atom. The zero-order chi connectivity index (χ0) is 22.7. The number of anilines is 1. The van der Waals surface area contributed by atoms with Crippen LogP contribution in [0.1, 0.15) is 21.5 Å². The van der Waals surface area contributed by atoms with Gasteiger partial charge in [0.2, 0.25) is 5.95 Å². The first kappa shape index (κ1) is 20.9. The van der Waals surface area contributed by atoms with Crippen LogP contribution in [0.4, 0.5) is 16.0 Å². The van der Waals surface area contributed by atoms with Crippen LogP contribution in [0.2, 0.25) is 0 Å². The quantitative estimate of drug-likeness (QED) is 0.353. The molecule has 0 aliphatic rings. The number of halogens is 1. The fraction of sp³-hybridized carbons (Fsp3) is 0.0870. The van der Waals surface area contributed by atoms with E-state index in [0.29, 0.717) is 12.4 Å². The second-order valence-corrected chi connectivity index (χ2v) is 7.13. The van der Waals surface area contributed by atoms with Crippen molar-refractivity contribution in [2.24, 2.45) is 0 Å². The Hall–Kier alpha value is -4.40. The maximum Gasteiger partial charge on any atom is 0.281 e. The standard InChI is InChI=1S/C23H18FN5O3/c1-15-2-6-17(7-3-15)21-26-23(25-14-16-4-10-19(24)11-5-16)28(27-21)22(30)18-8-12-20(13-9-18)29(31)32/h2-13H,14H2,1H3,(H,25,26,27). The molecule has 0 atom stereocenters. The van der Waals surface area contributed by atoms with Gasteiger partial charge in [0.1, 0.15) is 5.82 Å². The number of rotatable bonds is 6. The molecule has 8 nitrogen and oxygen atoms in total. The van der Waals surface area contributed by atoms with Gasteiger partial charge in [-0.15, -0.1) is 5.10 Å². The SMILES string of the molecule is Cc1ccc(-c2nc(NCc3ccc(F)cc3)n(C(=O)c3ccc([N+](=O)[O-])cc3)n2)cc1. The van der Waals surface area contributed by atoms with E-state index >= 15 is 0 Å². The van der Waals surface area contributed by atoms with E-state index in [1.54, 1.807) is 12.1 Å². The lowest BCUT2D eigenvalue weighted by atomic mass is 10.1. The largest absolute Gasteiger partial charge is 0.350 e. The van der Waals surface area contributed by atoms with Crippen molar-refractivity contribution in [3.63, 3.8) is 0 Å². The van der Waals surface area contributed by atoms with Crippen LogP contribution in [0.5, 0.6) is 0 Å². The summed E-state index contributed by atoms with van der Waals surface area (Å²) in [4.78, 5) is 27.9. The maximum absolute atomic E-state index is 13.2. The van der Waals surface area contributed by atoms with Crippen molar-refractivity contribution < 1.29 is 14.1 Å². The number of carbonyl (C=O) groups is 1. The number of benzene rings is 3. The van der Waals surface area contributed by atoms with E-state index in [1.807, 2.05) is 31.2 Å². The van der Waals surface area contributed by atoms with Crippen molar-refractivity contribution in [1.82, 2.24) is 14.8 Å². The fourth-order valence-electron chi connectivity index (χ4n) is 3.02. The Morgan fingerprint density at radius 1 is 1.03 bits per heavy atom. The lowest BCUT2D eigenvalue weighted by Crippen LogP contribution is -2.17. The molecule has 1 heterocycles. The zero-order valence-corrected chi connectivity index (χ0v) is 17.0. The normalized spacial score (nSPS) is 10.7. The summed E-state index contributed by atoms with van der Waals surface area (Å²) in [7, 11) is 0. The smallest absolute Gasteiger partial charge is 0.281 e. The molecular weight excluding hydrogens is 413 g/mol. The van der Waals surface area contributed by atoms with Gasteiger partial charge in [0.25, 0.3) is 11.6 Å². The molecule has 0 aliphatic heterocycles. The Morgan fingerprint density at radius 3 is 2.31 bits per heavy atom. The van der Waals surface area contributed by atoms with E-state index in [1.165, 1.54) is 36.4 Å². The minimum absolute atomic E-state index is 0.116. The second-order valence-electron chi connectivity index (χ2n) is 7.13. The first-order valence-corrected chi connectivity index (χ1v) is 9.72. The van der Waals surface area contributed by atoms with Gasteiger partial charge in [-0.25, -0.2) is 4.39 Å². The number of hydrogen-bond donors (Lipinski definition) is 1. The lowest BCUT2D eigenvalue weighted by Gasteiger charge is -2.07. The minimum atomic E-state index is -0.533. The monoisotopic (exact) mass is 431 g/mol. The predicted octanol–water partition coefficient (Wildman–Crippen LogP) is 4.60. The van der Waals surface area contributed by atoms with E-state index in [9.17, 15) is 19.3 Å². The highest BCUT2D eigenvalue weighted by Crippen LogP contribution is 2.21. The van der Waals surface area contributed by atoms with Crippen LogP contribution in [0.15, 0.2) is 72.8 Å². The van der Waals surface area contributed by atoms with Crippen molar-refractivity contribution in [2.75, 3.05) is 5.32 Å². The first-order valence-electron chi connectivity index (χ1n) is 9.72. The lowest BCUT2D eigenvalue weighted by molar-refractivity contribution is -0.384. The van der Waals surface area contributed by atoms with Crippen LogP contribution in [-0.2, 0) is 6.54 Å². The predicted molar refractivity (Wildman–Crippen MR) is 117 cm³/mol. The summed E-state index contributed by atoms with van der Waals surface area (Å²) in [5.41, 5.74) is 2.71. The van der Waals surface area contributed by atoms with Gasteiger partial charge >= 0.3 is 0 Å². The number of hydrogen-bond acceptors (Lipinski definition) is 6. The van der Waals surface area contributed by atoms with Gasteiger partial charge in [-0.05, 0) is 36.8 Å². The molecule has 1 aromatic heterocycles. The second kappa shape index (κ2) is 8.76. The molecule has 0 unspecified atom stereocenters. The van der Waals surface area contributed by atoms with E-state index in [-0.39, 0.29) is 23.0 Å². The summed E-state index contributed by atoms with van der Waals surface area (Å²) in [5, 5.41) is 18.3. The number of non-ortho nitro benzene ring substituents is 1.